The van der Waals surface area contributed by atoms with E-state index in [4.69, 9.17) is 0 Å². The number of hydrogen-bond acceptors (Lipinski definition) is 5. The van der Waals surface area contributed by atoms with Gasteiger partial charge < -0.3 is 5.32 Å². The molecule has 0 spiro atoms. The lowest BCUT2D eigenvalue weighted by Gasteiger charge is -2.23. The van der Waals surface area contributed by atoms with Crippen molar-refractivity contribution in [1.29, 1.82) is 0 Å². The smallest absolute Gasteiger partial charge is 0.258 e. The van der Waals surface area contributed by atoms with Crippen LogP contribution in [0.1, 0.15) is 36.3 Å². The zero-order valence-corrected chi connectivity index (χ0v) is 14.6. The fourth-order valence-corrected chi connectivity index (χ4v) is 3.27. The summed E-state index contributed by atoms with van der Waals surface area (Å²) in [6.45, 7) is 5.43. The number of fused-ring (bicyclic) bond motifs is 2. The summed E-state index contributed by atoms with van der Waals surface area (Å²) in [6, 6.07) is 5.78. The molecule has 0 bridgehead atoms. The molecule has 3 aromatic heterocycles. The van der Waals surface area contributed by atoms with E-state index in [-0.39, 0.29) is 5.56 Å². The highest BCUT2D eigenvalue weighted by Crippen LogP contribution is 2.14. The van der Waals surface area contributed by atoms with Crippen LogP contribution >= 0.6 is 0 Å². The molecular formula is C18H22N6O. The molecule has 0 aromatic carbocycles. The van der Waals surface area contributed by atoms with E-state index in [9.17, 15) is 4.79 Å². The lowest BCUT2D eigenvalue weighted by Crippen LogP contribution is -2.37. The normalized spacial score (nSPS) is 17.0. The summed E-state index contributed by atoms with van der Waals surface area (Å²) in [5.41, 5.74) is 2.46. The standard InChI is InChI=1S/C18H22N6O/c1-3-15-21-17-7-5-13(11-24(17)22-15)19-9-14-8-18(25)23-10-12(2)4-6-16(23)20-14/h4,6,8,10,13,19H,3,5,7,9,11H2,1-2H3/t13-/m0/s1. The van der Waals surface area contributed by atoms with Gasteiger partial charge in [-0.15, -0.1) is 0 Å². The van der Waals surface area contributed by atoms with Crippen molar-refractivity contribution in [3.8, 4) is 0 Å². The van der Waals surface area contributed by atoms with Crippen LogP contribution in [0.15, 0.2) is 29.2 Å². The molecule has 1 N–H and O–H groups in total. The topological polar surface area (TPSA) is 77.1 Å². The van der Waals surface area contributed by atoms with E-state index in [0.717, 1.165) is 48.7 Å². The first-order valence-corrected chi connectivity index (χ1v) is 8.77. The van der Waals surface area contributed by atoms with Crippen LogP contribution < -0.4 is 10.9 Å². The highest BCUT2D eigenvalue weighted by atomic mass is 16.1. The third-order valence-corrected chi connectivity index (χ3v) is 4.65. The quantitative estimate of drug-likeness (QED) is 0.775. The Hall–Kier alpha value is -2.54. The average molecular weight is 338 g/mol. The summed E-state index contributed by atoms with van der Waals surface area (Å²) in [5.74, 6) is 1.99. The molecule has 4 rings (SSSR count). The van der Waals surface area contributed by atoms with Crippen molar-refractivity contribution in [3.05, 3.63) is 57.7 Å². The predicted molar refractivity (Wildman–Crippen MR) is 94.5 cm³/mol. The maximum absolute atomic E-state index is 12.3. The first kappa shape index (κ1) is 16.0. The molecule has 7 heteroatoms. The van der Waals surface area contributed by atoms with Crippen LogP contribution in [0.25, 0.3) is 5.65 Å². The van der Waals surface area contributed by atoms with Crippen LogP contribution in [0, 0.1) is 6.92 Å². The molecule has 0 amide bonds. The molecule has 0 fully saturated rings. The number of aromatic nitrogens is 5. The highest BCUT2D eigenvalue weighted by Gasteiger charge is 2.21. The van der Waals surface area contributed by atoms with Crippen LogP contribution in [-0.2, 0) is 25.9 Å². The average Bonchev–Trinajstić information content (AvgIpc) is 3.03. The van der Waals surface area contributed by atoms with Crippen molar-refractivity contribution in [2.75, 3.05) is 0 Å². The van der Waals surface area contributed by atoms with Crippen molar-refractivity contribution >= 4 is 5.65 Å². The largest absolute Gasteiger partial charge is 0.307 e. The Kier molecular flexibility index (Phi) is 4.09. The SMILES string of the molecule is CCc1nc2n(n1)C[C@@H](NCc1cc(=O)n3cc(C)ccc3n1)CC2. The lowest BCUT2D eigenvalue weighted by molar-refractivity contribution is 0.356. The first-order chi connectivity index (χ1) is 12.1. The molecule has 7 nitrogen and oxygen atoms in total. The Bertz CT molecular complexity index is 973. The highest BCUT2D eigenvalue weighted by molar-refractivity contribution is 5.39. The van der Waals surface area contributed by atoms with E-state index in [1.165, 1.54) is 0 Å². The van der Waals surface area contributed by atoms with E-state index in [2.05, 4.69) is 27.3 Å². The van der Waals surface area contributed by atoms with Gasteiger partial charge in [-0.2, -0.15) is 5.10 Å². The van der Waals surface area contributed by atoms with Crippen molar-refractivity contribution in [3.63, 3.8) is 0 Å². The molecule has 1 atom stereocenters. The van der Waals surface area contributed by atoms with Gasteiger partial charge in [0.15, 0.2) is 5.82 Å². The van der Waals surface area contributed by atoms with E-state index in [1.54, 1.807) is 10.5 Å². The van der Waals surface area contributed by atoms with Crippen LogP contribution in [0.5, 0.6) is 0 Å². The zero-order valence-electron chi connectivity index (χ0n) is 14.6. The minimum absolute atomic E-state index is 0.0414. The molecule has 0 aliphatic carbocycles. The third kappa shape index (κ3) is 3.19. The van der Waals surface area contributed by atoms with Gasteiger partial charge in [0.25, 0.3) is 5.56 Å². The van der Waals surface area contributed by atoms with Gasteiger partial charge in [-0.05, 0) is 25.0 Å². The fourth-order valence-electron chi connectivity index (χ4n) is 3.27. The van der Waals surface area contributed by atoms with Gasteiger partial charge >= 0.3 is 0 Å². The Balaban J connectivity index is 1.47. The van der Waals surface area contributed by atoms with Crippen LogP contribution in [0.3, 0.4) is 0 Å². The molecule has 1 aliphatic rings. The van der Waals surface area contributed by atoms with Gasteiger partial charge in [0.2, 0.25) is 0 Å². The molecule has 130 valence electrons. The van der Waals surface area contributed by atoms with Crippen molar-refractivity contribution in [2.24, 2.45) is 0 Å². The van der Waals surface area contributed by atoms with Gasteiger partial charge in [0.05, 0.1) is 12.2 Å². The number of pyridine rings is 1. The van der Waals surface area contributed by atoms with E-state index < -0.39 is 0 Å². The Morgan fingerprint density at radius 1 is 1.32 bits per heavy atom. The second kappa shape index (κ2) is 6.40. The van der Waals surface area contributed by atoms with Crippen molar-refractivity contribution in [1.82, 2.24) is 29.5 Å². The summed E-state index contributed by atoms with van der Waals surface area (Å²) < 4.78 is 3.60. The minimum Gasteiger partial charge on any atom is -0.307 e. The van der Waals surface area contributed by atoms with Crippen molar-refractivity contribution in [2.45, 2.75) is 52.2 Å². The summed E-state index contributed by atoms with van der Waals surface area (Å²) in [5, 5.41) is 8.04. The lowest BCUT2D eigenvalue weighted by atomic mass is 10.1. The van der Waals surface area contributed by atoms with E-state index in [0.29, 0.717) is 18.2 Å². The summed E-state index contributed by atoms with van der Waals surface area (Å²) >= 11 is 0. The van der Waals surface area contributed by atoms with Gasteiger partial charge in [0, 0.05) is 37.7 Å². The third-order valence-electron chi connectivity index (χ3n) is 4.65. The second-order valence-electron chi connectivity index (χ2n) is 6.62. The number of hydrogen-bond donors (Lipinski definition) is 1. The second-order valence-corrected chi connectivity index (χ2v) is 6.62. The zero-order chi connectivity index (χ0) is 17.4. The number of nitrogens with zero attached hydrogens (tertiary/aromatic N) is 5. The molecule has 0 saturated heterocycles. The molecule has 1 aliphatic heterocycles. The molecule has 0 saturated carbocycles. The summed E-state index contributed by atoms with van der Waals surface area (Å²) in [7, 11) is 0. The van der Waals surface area contributed by atoms with Gasteiger partial charge in [-0.1, -0.05) is 13.0 Å². The minimum atomic E-state index is -0.0414. The Labute approximate surface area is 145 Å². The van der Waals surface area contributed by atoms with Crippen LogP contribution in [0.4, 0.5) is 0 Å². The summed E-state index contributed by atoms with van der Waals surface area (Å²) in [6.07, 6.45) is 4.63. The number of rotatable bonds is 4. The number of nitrogens with one attached hydrogen (secondary N) is 1. The Morgan fingerprint density at radius 3 is 3.04 bits per heavy atom. The monoisotopic (exact) mass is 338 g/mol. The number of aryl methyl sites for hydroxylation is 3. The van der Waals surface area contributed by atoms with Gasteiger partial charge in [0.1, 0.15) is 11.5 Å². The van der Waals surface area contributed by atoms with Crippen LogP contribution in [-0.4, -0.2) is 30.2 Å². The molecule has 4 heterocycles. The molecule has 0 unspecified atom stereocenters. The van der Waals surface area contributed by atoms with E-state index in [1.807, 2.05) is 29.9 Å². The van der Waals surface area contributed by atoms with E-state index >= 15 is 0 Å². The van der Waals surface area contributed by atoms with Gasteiger partial charge in [-0.25, -0.2) is 14.6 Å². The molecular weight excluding hydrogens is 316 g/mol. The Morgan fingerprint density at radius 2 is 2.20 bits per heavy atom. The molecule has 0 radical (unpaired) electrons. The predicted octanol–water partition coefficient (Wildman–Crippen LogP) is 1.26. The van der Waals surface area contributed by atoms with Gasteiger partial charge in [-0.3, -0.25) is 9.20 Å². The van der Waals surface area contributed by atoms with Crippen molar-refractivity contribution < 1.29 is 0 Å². The molecule has 25 heavy (non-hydrogen) atoms. The molecule has 3 aromatic rings. The van der Waals surface area contributed by atoms with Crippen LogP contribution in [0.2, 0.25) is 0 Å². The summed E-state index contributed by atoms with van der Waals surface area (Å²) in [4.78, 5) is 21.4. The fraction of sp³-hybridized carbons (Fsp3) is 0.444. The maximum Gasteiger partial charge on any atom is 0.258 e. The maximum atomic E-state index is 12.3. The first-order valence-electron chi connectivity index (χ1n) is 8.77.